The largest absolute Gasteiger partial charge is 0.336 e. The summed E-state index contributed by atoms with van der Waals surface area (Å²) in [6.07, 6.45) is 0. The van der Waals surface area contributed by atoms with E-state index in [0.717, 1.165) is 12.1 Å². The van der Waals surface area contributed by atoms with Gasteiger partial charge in [0.15, 0.2) is 0 Å². The molecule has 6 heteroatoms. The van der Waals surface area contributed by atoms with Crippen molar-refractivity contribution in [2.45, 2.75) is 6.54 Å². The van der Waals surface area contributed by atoms with Gasteiger partial charge in [0.1, 0.15) is 23.0 Å². The average Bonchev–Trinajstić information content (AvgIpc) is 2.57. The van der Waals surface area contributed by atoms with Gasteiger partial charge in [-0.05, 0) is 18.2 Å². The quantitative estimate of drug-likeness (QED) is 0.861. The SMILES string of the molecule is O=C(c1c(F)cccc1F)N1CCN(Cc2ccccc2F)CC1. The van der Waals surface area contributed by atoms with Crippen LogP contribution in [0, 0.1) is 17.5 Å². The van der Waals surface area contributed by atoms with Gasteiger partial charge in [-0.1, -0.05) is 24.3 Å². The van der Waals surface area contributed by atoms with E-state index in [0.29, 0.717) is 38.3 Å². The number of piperazine rings is 1. The summed E-state index contributed by atoms with van der Waals surface area (Å²) in [5.41, 5.74) is 0.0810. The zero-order valence-corrected chi connectivity index (χ0v) is 13.0. The third-order valence-electron chi connectivity index (χ3n) is 4.19. The molecule has 3 rings (SSSR count). The Morgan fingerprint density at radius 3 is 2.04 bits per heavy atom. The lowest BCUT2D eigenvalue weighted by Gasteiger charge is -2.34. The molecule has 1 amide bonds. The Hall–Kier alpha value is -2.34. The molecule has 1 aliphatic heterocycles. The molecule has 0 atom stereocenters. The second-order valence-corrected chi connectivity index (χ2v) is 5.76. The highest BCUT2D eigenvalue weighted by molar-refractivity contribution is 5.94. The highest BCUT2D eigenvalue weighted by atomic mass is 19.1. The summed E-state index contributed by atoms with van der Waals surface area (Å²) in [5.74, 6) is -2.61. The second-order valence-electron chi connectivity index (χ2n) is 5.76. The molecule has 0 saturated carbocycles. The van der Waals surface area contributed by atoms with Crippen LogP contribution in [-0.4, -0.2) is 41.9 Å². The van der Waals surface area contributed by atoms with E-state index in [-0.39, 0.29) is 5.82 Å². The molecule has 3 nitrogen and oxygen atoms in total. The molecule has 1 heterocycles. The van der Waals surface area contributed by atoms with Crippen molar-refractivity contribution in [3.05, 3.63) is 71.0 Å². The molecule has 1 fully saturated rings. The first-order valence-corrected chi connectivity index (χ1v) is 7.75. The molecular weight excluding hydrogens is 317 g/mol. The van der Waals surface area contributed by atoms with Gasteiger partial charge in [-0.2, -0.15) is 0 Å². The van der Waals surface area contributed by atoms with Crippen molar-refractivity contribution in [3.63, 3.8) is 0 Å². The van der Waals surface area contributed by atoms with Crippen LogP contribution in [0.1, 0.15) is 15.9 Å². The number of hydrogen-bond acceptors (Lipinski definition) is 2. The van der Waals surface area contributed by atoms with Crippen LogP contribution in [0.3, 0.4) is 0 Å². The average molecular weight is 334 g/mol. The van der Waals surface area contributed by atoms with Gasteiger partial charge >= 0.3 is 0 Å². The molecular formula is C18H17F3N2O. The first kappa shape index (κ1) is 16.5. The van der Waals surface area contributed by atoms with Crippen LogP contribution < -0.4 is 0 Å². The minimum atomic E-state index is -0.853. The van der Waals surface area contributed by atoms with E-state index in [1.807, 2.05) is 4.90 Å². The fourth-order valence-electron chi connectivity index (χ4n) is 2.84. The lowest BCUT2D eigenvalue weighted by atomic mass is 10.1. The van der Waals surface area contributed by atoms with Crippen molar-refractivity contribution in [2.75, 3.05) is 26.2 Å². The van der Waals surface area contributed by atoms with Gasteiger partial charge in [0, 0.05) is 38.3 Å². The van der Waals surface area contributed by atoms with Crippen molar-refractivity contribution in [2.24, 2.45) is 0 Å². The Kier molecular flexibility index (Phi) is 4.85. The number of benzene rings is 2. The van der Waals surface area contributed by atoms with E-state index in [1.165, 1.54) is 17.0 Å². The number of carbonyl (C=O) groups is 1. The predicted octanol–water partition coefficient (Wildman–Crippen LogP) is 3.06. The molecule has 2 aromatic carbocycles. The zero-order valence-electron chi connectivity index (χ0n) is 13.0. The first-order chi connectivity index (χ1) is 11.6. The molecule has 126 valence electrons. The Morgan fingerprint density at radius 1 is 0.833 bits per heavy atom. The van der Waals surface area contributed by atoms with Crippen LogP contribution in [0.2, 0.25) is 0 Å². The topological polar surface area (TPSA) is 23.6 Å². The first-order valence-electron chi connectivity index (χ1n) is 7.75. The maximum atomic E-state index is 13.7. The molecule has 0 aliphatic carbocycles. The third-order valence-corrected chi connectivity index (χ3v) is 4.19. The summed E-state index contributed by atoms with van der Waals surface area (Å²) >= 11 is 0. The molecule has 0 bridgehead atoms. The summed E-state index contributed by atoms with van der Waals surface area (Å²) in [6, 6.07) is 9.93. The minimum absolute atomic E-state index is 0.260. The summed E-state index contributed by atoms with van der Waals surface area (Å²) < 4.78 is 41.1. The van der Waals surface area contributed by atoms with Crippen LogP contribution in [0.25, 0.3) is 0 Å². The normalized spacial score (nSPS) is 15.5. The fraction of sp³-hybridized carbons (Fsp3) is 0.278. The lowest BCUT2D eigenvalue weighted by Crippen LogP contribution is -2.48. The number of carbonyl (C=O) groups excluding carboxylic acids is 1. The maximum Gasteiger partial charge on any atom is 0.259 e. The van der Waals surface area contributed by atoms with Crippen LogP contribution >= 0.6 is 0 Å². The van der Waals surface area contributed by atoms with Gasteiger partial charge in [-0.15, -0.1) is 0 Å². The smallest absolute Gasteiger partial charge is 0.259 e. The van der Waals surface area contributed by atoms with Gasteiger partial charge < -0.3 is 4.90 Å². The van der Waals surface area contributed by atoms with Crippen LogP contribution in [-0.2, 0) is 6.54 Å². The molecule has 0 spiro atoms. The highest BCUT2D eigenvalue weighted by Crippen LogP contribution is 2.17. The molecule has 2 aromatic rings. The molecule has 0 unspecified atom stereocenters. The number of amides is 1. The monoisotopic (exact) mass is 334 g/mol. The van der Waals surface area contributed by atoms with Crippen molar-refractivity contribution < 1.29 is 18.0 Å². The molecule has 0 N–H and O–H groups in total. The second kappa shape index (κ2) is 7.05. The highest BCUT2D eigenvalue weighted by Gasteiger charge is 2.26. The van der Waals surface area contributed by atoms with Gasteiger partial charge in [0.05, 0.1) is 0 Å². The Balaban J connectivity index is 1.63. The lowest BCUT2D eigenvalue weighted by molar-refractivity contribution is 0.0617. The Morgan fingerprint density at radius 2 is 1.42 bits per heavy atom. The fourth-order valence-corrected chi connectivity index (χ4v) is 2.84. The molecule has 1 saturated heterocycles. The summed E-state index contributed by atoms with van der Waals surface area (Å²) in [4.78, 5) is 15.8. The van der Waals surface area contributed by atoms with Crippen molar-refractivity contribution in [1.82, 2.24) is 9.80 Å². The van der Waals surface area contributed by atoms with Crippen LogP contribution in [0.15, 0.2) is 42.5 Å². The summed E-state index contributed by atoms with van der Waals surface area (Å²) in [7, 11) is 0. The number of hydrogen-bond donors (Lipinski definition) is 0. The summed E-state index contributed by atoms with van der Waals surface area (Å²) in [6.45, 7) is 2.19. The third kappa shape index (κ3) is 3.43. The van der Waals surface area contributed by atoms with Crippen molar-refractivity contribution in [3.8, 4) is 0 Å². The van der Waals surface area contributed by atoms with Gasteiger partial charge in [-0.25, -0.2) is 13.2 Å². The van der Waals surface area contributed by atoms with Crippen LogP contribution in [0.4, 0.5) is 13.2 Å². The van der Waals surface area contributed by atoms with Gasteiger partial charge in [0.25, 0.3) is 5.91 Å². The molecule has 24 heavy (non-hydrogen) atoms. The minimum Gasteiger partial charge on any atom is -0.336 e. The number of rotatable bonds is 3. The van der Waals surface area contributed by atoms with E-state index >= 15 is 0 Å². The van der Waals surface area contributed by atoms with Gasteiger partial charge in [-0.3, -0.25) is 9.69 Å². The van der Waals surface area contributed by atoms with Crippen molar-refractivity contribution in [1.29, 1.82) is 0 Å². The van der Waals surface area contributed by atoms with E-state index in [2.05, 4.69) is 0 Å². The molecule has 1 aliphatic rings. The Bertz CT molecular complexity index is 723. The summed E-state index contributed by atoms with van der Waals surface area (Å²) in [5, 5.41) is 0. The van der Waals surface area contributed by atoms with Gasteiger partial charge in [0.2, 0.25) is 0 Å². The molecule has 0 aromatic heterocycles. The van der Waals surface area contributed by atoms with E-state index in [1.54, 1.807) is 18.2 Å². The standard InChI is InChI=1S/C18H17F3N2O/c19-14-5-2-1-4-13(14)12-22-8-10-23(11-9-22)18(24)17-15(20)6-3-7-16(17)21/h1-7H,8-12H2. The van der Waals surface area contributed by atoms with E-state index in [9.17, 15) is 18.0 Å². The predicted molar refractivity (Wildman–Crippen MR) is 83.9 cm³/mol. The van der Waals surface area contributed by atoms with E-state index in [4.69, 9.17) is 0 Å². The molecule has 0 radical (unpaired) electrons. The van der Waals surface area contributed by atoms with Crippen molar-refractivity contribution >= 4 is 5.91 Å². The Labute approximate surface area is 138 Å². The van der Waals surface area contributed by atoms with Crippen LogP contribution in [0.5, 0.6) is 0 Å². The number of halogens is 3. The number of nitrogens with zero attached hydrogens (tertiary/aromatic N) is 2. The maximum absolute atomic E-state index is 13.7. The zero-order chi connectivity index (χ0) is 17.1. The van der Waals surface area contributed by atoms with E-state index < -0.39 is 23.1 Å².